The lowest BCUT2D eigenvalue weighted by Crippen LogP contribution is -2.23. The molecule has 1 N–H and O–H groups in total. The Morgan fingerprint density at radius 3 is 3.05 bits per heavy atom. The van der Waals surface area contributed by atoms with Crippen LogP contribution in [-0.2, 0) is 0 Å². The zero-order valence-electron chi connectivity index (χ0n) is 12.0. The van der Waals surface area contributed by atoms with E-state index in [1.807, 2.05) is 12.5 Å². The molecule has 0 radical (unpaired) electrons. The third-order valence-corrected chi connectivity index (χ3v) is 4.93. The lowest BCUT2D eigenvalue weighted by Gasteiger charge is -2.26. The molecule has 3 heteroatoms. The Morgan fingerprint density at radius 1 is 1.29 bits per heavy atom. The molecule has 3 atom stereocenters. The van der Waals surface area contributed by atoms with E-state index >= 15 is 0 Å². The van der Waals surface area contributed by atoms with Crippen molar-refractivity contribution in [3.05, 3.63) is 60.2 Å². The van der Waals surface area contributed by atoms with Crippen molar-refractivity contribution < 1.29 is 5.11 Å². The summed E-state index contributed by atoms with van der Waals surface area (Å²) in [5, 5.41) is 10.7. The number of benzene rings is 1. The Kier molecular flexibility index (Phi) is 3.15. The van der Waals surface area contributed by atoms with Crippen molar-refractivity contribution in [2.75, 3.05) is 0 Å². The summed E-state index contributed by atoms with van der Waals surface area (Å²) in [4.78, 5) is 4.28. The number of nitrogens with zero attached hydrogens (tertiary/aromatic N) is 2. The van der Waals surface area contributed by atoms with Gasteiger partial charge in [0.1, 0.15) is 0 Å². The predicted octanol–water partition coefficient (Wildman–Crippen LogP) is 3.42. The number of fused-ring (bicyclic) bond motifs is 3. The van der Waals surface area contributed by atoms with E-state index in [1.54, 1.807) is 0 Å². The van der Waals surface area contributed by atoms with Gasteiger partial charge in [-0.05, 0) is 43.2 Å². The van der Waals surface area contributed by atoms with E-state index in [2.05, 4.69) is 46.0 Å². The van der Waals surface area contributed by atoms with E-state index in [9.17, 15) is 5.11 Å². The van der Waals surface area contributed by atoms with Gasteiger partial charge in [-0.15, -0.1) is 0 Å². The number of allylic oxidation sites excluding steroid dienone is 2. The Labute approximate surface area is 125 Å². The van der Waals surface area contributed by atoms with Gasteiger partial charge in [0.25, 0.3) is 0 Å². The van der Waals surface area contributed by atoms with Gasteiger partial charge in [-0.2, -0.15) is 0 Å². The van der Waals surface area contributed by atoms with Crippen LogP contribution in [0.25, 0.3) is 5.69 Å². The Balaban J connectivity index is 1.62. The molecule has 108 valence electrons. The lowest BCUT2D eigenvalue weighted by molar-refractivity contribution is 0.0896. The monoisotopic (exact) mass is 280 g/mol. The molecule has 3 nitrogen and oxygen atoms in total. The maximum absolute atomic E-state index is 10.7. The molecule has 21 heavy (non-hydrogen) atoms. The van der Waals surface area contributed by atoms with Crippen molar-refractivity contribution in [3.8, 4) is 5.69 Å². The van der Waals surface area contributed by atoms with E-state index in [4.69, 9.17) is 0 Å². The van der Waals surface area contributed by atoms with E-state index in [0.717, 1.165) is 25.7 Å². The summed E-state index contributed by atoms with van der Waals surface area (Å²) in [7, 11) is 0. The van der Waals surface area contributed by atoms with Gasteiger partial charge in [-0.3, -0.25) is 0 Å². The number of hydrogen-bond donors (Lipinski definition) is 1. The summed E-state index contributed by atoms with van der Waals surface area (Å²) in [5.74, 6) is 0.670. The van der Waals surface area contributed by atoms with Crippen LogP contribution < -0.4 is 0 Å². The van der Waals surface area contributed by atoms with Gasteiger partial charge in [0, 0.05) is 12.1 Å². The quantitative estimate of drug-likeness (QED) is 0.875. The molecule has 4 rings (SSSR count). The first-order chi connectivity index (χ1) is 10.3. The highest BCUT2D eigenvalue weighted by atomic mass is 16.3. The van der Waals surface area contributed by atoms with Gasteiger partial charge < -0.3 is 9.67 Å². The molecule has 2 heterocycles. The summed E-state index contributed by atoms with van der Waals surface area (Å²) in [6.07, 6.45) is 12.0. The average molecular weight is 280 g/mol. The van der Waals surface area contributed by atoms with Crippen LogP contribution in [0, 0.1) is 5.92 Å². The fourth-order valence-corrected chi connectivity index (χ4v) is 3.77. The first kappa shape index (κ1) is 12.8. The van der Waals surface area contributed by atoms with Gasteiger partial charge in [0.2, 0.25) is 0 Å². The van der Waals surface area contributed by atoms with Crippen LogP contribution in [-0.4, -0.2) is 20.8 Å². The fraction of sp³-hybridized carbons (Fsp3) is 0.389. The molecule has 1 aromatic heterocycles. The van der Waals surface area contributed by atoms with Crippen molar-refractivity contribution in [3.63, 3.8) is 0 Å². The second-order valence-corrected chi connectivity index (χ2v) is 6.15. The third-order valence-electron chi connectivity index (χ3n) is 4.93. The maximum atomic E-state index is 10.7. The summed E-state index contributed by atoms with van der Waals surface area (Å²) in [6, 6.07) is 8.46. The number of imidazole rings is 1. The minimum atomic E-state index is -0.241. The van der Waals surface area contributed by atoms with Crippen LogP contribution in [0.3, 0.4) is 0 Å². The molecule has 0 amide bonds. The van der Waals surface area contributed by atoms with Crippen molar-refractivity contribution in [2.45, 2.75) is 37.7 Å². The van der Waals surface area contributed by atoms with E-state index < -0.39 is 0 Å². The maximum Gasteiger partial charge on any atom is 0.0994 e. The van der Waals surface area contributed by atoms with Crippen molar-refractivity contribution in [2.24, 2.45) is 5.92 Å². The number of aliphatic hydroxyl groups is 1. The fourth-order valence-electron chi connectivity index (χ4n) is 3.77. The Bertz CT molecular complexity index is 673. The zero-order valence-corrected chi connectivity index (χ0v) is 12.0. The third kappa shape index (κ3) is 2.12. The first-order valence-corrected chi connectivity index (χ1v) is 7.79. The summed E-state index contributed by atoms with van der Waals surface area (Å²) >= 11 is 0. The molecule has 2 aromatic rings. The molecule has 1 aromatic carbocycles. The second-order valence-electron chi connectivity index (χ2n) is 6.15. The second kappa shape index (κ2) is 5.15. The van der Waals surface area contributed by atoms with Gasteiger partial charge in [-0.25, -0.2) is 4.98 Å². The first-order valence-electron chi connectivity index (χ1n) is 7.79. The standard InChI is InChI=1S/C18H20N2O/c21-18(13-6-2-1-3-7-13)10-15-14-8-4-5-9-16(14)20-12-19-11-17(15)20/h1-2,4-5,8-9,11-13,15,18,21H,3,6-7,10H2. The van der Waals surface area contributed by atoms with E-state index in [1.165, 1.54) is 16.9 Å². The number of hydrogen-bond acceptors (Lipinski definition) is 2. The number of aliphatic hydroxyl groups excluding tert-OH is 1. The molecule has 1 aliphatic carbocycles. The van der Waals surface area contributed by atoms with E-state index in [0.29, 0.717) is 5.92 Å². The zero-order chi connectivity index (χ0) is 14.2. The summed E-state index contributed by atoms with van der Waals surface area (Å²) < 4.78 is 2.16. The predicted molar refractivity (Wildman–Crippen MR) is 82.5 cm³/mol. The molecule has 0 saturated carbocycles. The average Bonchev–Trinajstić information content (AvgIpc) is 3.11. The van der Waals surface area contributed by atoms with Crippen molar-refractivity contribution in [1.29, 1.82) is 0 Å². The molecule has 1 aliphatic heterocycles. The van der Waals surface area contributed by atoms with Gasteiger partial charge in [0.05, 0.1) is 23.8 Å². The number of para-hydroxylation sites is 1. The van der Waals surface area contributed by atoms with E-state index in [-0.39, 0.29) is 12.0 Å². The summed E-state index contributed by atoms with van der Waals surface area (Å²) in [6.45, 7) is 0. The van der Waals surface area contributed by atoms with Crippen molar-refractivity contribution in [1.82, 2.24) is 9.55 Å². The molecule has 3 unspecified atom stereocenters. The molecule has 0 fully saturated rings. The smallest absolute Gasteiger partial charge is 0.0994 e. The largest absolute Gasteiger partial charge is 0.393 e. The normalized spacial score (nSPS) is 24.6. The van der Waals surface area contributed by atoms with Gasteiger partial charge >= 0.3 is 0 Å². The molecule has 0 saturated heterocycles. The summed E-state index contributed by atoms with van der Waals surface area (Å²) in [5.41, 5.74) is 3.74. The highest BCUT2D eigenvalue weighted by molar-refractivity contribution is 5.53. The minimum Gasteiger partial charge on any atom is -0.393 e. The number of rotatable bonds is 3. The molecule has 2 aliphatic rings. The molecule has 0 spiro atoms. The number of aromatic nitrogens is 2. The van der Waals surface area contributed by atoms with Crippen molar-refractivity contribution >= 4 is 0 Å². The molecule has 0 bridgehead atoms. The van der Waals surface area contributed by atoms with Crippen LogP contribution in [0.15, 0.2) is 48.9 Å². The van der Waals surface area contributed by atoms with Crippen LogP contribution in [0.2, 0.25) is 0 Å². The Morgan fingerprint density at radius 2 is 2.19 bits per heavy atom. The van der Waals surface area contributed by atoms with Gasteiger partial charge in [0.15, 0.2) is 0 Å². The highest BCUT2D eigenvalue weighted by Crippen LogP contribution is 2.41. The SMILES string of the molecule is OC(CC1c2ccccc2-n2cncc21)C1CC=CCC1. The van der Waals surface area contributed by atoms with Crippen LogP contribution in [0.4, 0.5) is 0 Å². The topological polar surface area (TPSA) is 38.0 Å². The van der Waals surface area contributed by atoms with Crippen LogP contribution in [0.1, 0.15) is 42.9 Å². The highest BCUT2D eigenvalue weighted by Gasteiger charge is 2.32. The Hall–Kier alpha value is -1.87. The lowest BCUT2D eigenvalue weighted by atomic mass is 9.83. The van der Waals surface area contributed by atoms with Crippen LogP contribution in [0.5, 0.6) is 0 Å². The van der Waals surface area contributed by atoms with Crippen LogP contribution >= 0.6 is 0 Å². The van der Waals surface area contributed by atoms with Gasteiger partial charge in [-0.1, -0.05) is 30.4 Å². The molecular formula is C18H20N2O. The minimum absolute atomic E-state index is 0.241. The molecular weight excluding hydrogens is 260 g/mol.